The normalized spacial score (nSPS) is 12.2. The zero-order valence-electron chi connectivity index (χ0n) is 12.5. The van der Waals surface area contributed by atoms with Crippen LogP contribution in [-0.4, -0.2) is 24.5 Å². The second-order valence-electron chi connectivity index (χ2n) is 5.51. The van der Waals surface area contributed by atoms with Crippen molar-refractivity contribution in [3.05, 3.63) is 28.8 Å². The number of carboxylic acid groups (broad SMARTS) is 1. The minimum atomic E-state index is -1.23. The molecular weight excluding hydrogens is 292 g/mol. The number of quaternary nitrogens is 1. The molecule has 0 bridgehead atoms. The summed E-state index contributed by atoms with van der Waals surface area (Å²) in [4.78, 5) is 23.0. The first-order valence-corrected chi connectivity index (χ1v) is 7.27. The van der Waals surface area contributed by atoms with E-state index in [0.717, 1.165) is 5.56 Å². The predicted octanol–water partition coefficient (Wildman–Crippen LogP) is 0.315. The number of halogens is 1. The summed E-state index contributed by atoms with van der Waals surface area (Å²) in [7, 11) is 0. The highest BCUT2D eigenvalue weighted by Gasteiger charge is 2.18. The zero-order chi connectivity index (χ0) is 16.0. The maximum atomic E-state index is 11.9. The van der Waals surface area contributed by atoms with Crippen LogP contribution in [0.15, 0.2) is 18.2 Å². The van der Waals surface area contributed by atoms with Crippen LogP contribution < -0.4 is 15.7 Å². The summed E-state index contributed by atoms with van der Waals surface area (Å²) < 4.78 is 0. The van der Waals surface area contributed by atoms with Gasteiger partial charge in [-0.25, -0.2) is 0 Å². The molecule has 0 spiro atoms. The van der Waals surface area contributed by atoms with E-state index in [0.29, 0.717) is 23.2 Å². The smallest absolute Gasteiger partial charge is 0.230 e. The van der Waals surface area contributed by atoms with Crippen LogP contribution in [0.3, 0.4) is 0 Å². The lowest BCUT2D eigenvalue weighted by Gasteiger charge is -2.17. The summed E-state index contributed by atoms with van der Waals surface area (Å²) in [5.74, 6) is -1.26. The number of aliphatic carboxylic acids is 1. The number of carboxylic acids is 1. The quantitative estimate of drug-likeness (QED) is 0.760. The third kappa shape index (κ3) is 6.14. The number of anilines is 1. The van der Waals surface area contributed by atoms with Crippen molar-refractivity contribution in [3.8, 4) is 0 Å². The van der Waals surface area contributed by atoms with Crippen molar-refractivity contribution in [2.24, 2.45) is 5.92 Å². The highest BCUT2D eigenvalue weighted by Crippen LogP contribution is 2.20. The van der Waals surface area contributed by atoms with Crippen LogP contribution in [0.2, 0.25) is 5.02 Å². The molecule has 1 amide bonds. The zero-order valence-corrected chi connectivity index (χ0v) is 13.2. The third-order valence-electron chi connectivity index (χ3n) is 3.06. The van der Waals surface area contributed by atoms with Crippen LogP contribution in [0.4, 0.5) is 5.69 Å². The first-order valence-electron chi connectivity index (χ1n) is 6.89. The number of aryl methyl sites for hydroxylation is 1. The van der Waals surface area contributed by atoms with Gasteiger partial charge < -0.3 is 20.5 Å². The molecule has 21 heavy (non-hydrogen) atoms. The van der Waals surface area contributed by atoms with Crippen molar-refractivity contribution >= 4 is 29.2 Å². The van der Waals surface area contributed by atoms with Crippen molar-refractivity contribution in [2.45, 2.75) is 33.2 Å². The maximum Gasteiger partial charge on any atom is 0.230 e. The number of amides is 1. The van der Waals surface area contributed by atoms with E-state index < -0.39 is 12.0 Å². The summed E-state index contributed by atoms with van der Waals surface area (Å²) in [6.45, 7) is 6.46. The van der Waals surface area contributed by atoms with Crippen molar-refractivity contribution < 1.29 is 20.0 Å². The molecule has 0 unspecified atom stereocenters. The molecule has 116 valence electrons. The van der Waals surface area contributed by atoms with Crippen LogP contribution in [0.5, 0.6) is 0 Å². The number of carbonyl (C=O) groups excluding carboxylic acids is 2. The number of nitrogens with one attached hydrogen (secondary N) is 1. The Morgan fingerprint density at radius 1 is 1.38 bits per heavy atom. The van der Waals surface area contributed by atoms with E-state index in [9.17, 15) is 14.7 Å². The largest absolute Gasteiger partial charge is 0.544 e. The molecule has 0 saturated carbocycles. The van der Waals surface area contributed by atoms with E-state index in [1.165, 1.54) is 0 Å². The van der Waals surface area contributed by atoms with Gasteiger partial charge >= 0.3 is 0 Å². The molecule has 0 aliphatic carbocycles. The van der Waals surface area contributed by atoms with Gasteiger partial charge in [0.25, 0.3) is 0 Å². The molecular formula is C15H21ClN2O3. The number of hydrogen-bond acceptors (Lipinski definition) is 3. The lowest BCUT2D eigenvalue weighted by molar-refractivity contribution is -0.686. The summed E-state index contributed by atoms with van der Waals surface area (Å²) in [6.07, 6.45) is -0.138. The van der Waals surface area contributed by atoms with Gasteiger partial charge in [0.05, 0.1) is 18.9 Å². The topological polar surface area (TPSA) is 85.8 Å². The van der Waals surface area contributed by atoms with Crippen molar-refractivity contribution in [1.29, 1.82) is 0 Å². The maximum absolute atomic E-state index is 11.9. The van der Waals surface area contributed by atoms with E-state index in [1.54, 1.807) is 23.5 Å². The molecule has 3 N–H and O–H groups in total. The predicted molar refractivity (Wildman–Crippen MR) is 79.9 cm³/mol. The van der Waals surface area contributed by atoms with Gasteiger partial charge in [0.15, 0.2) is 0 Å². The highest BCUT2D eigenvalue weighted by atomic mass is 35.5. The molecule has 1 aromatic carbocycles. The average Bonchev–Trinajstić information content (AvgIpc) is 2.38. The van der Waals surface area contributed by atoms with E-state index in [2.05, 4.69) is 5.32 Å². The molecule has 0 fully saturated rings. The number of rotatable bonds is 7. The van der Waals surface area contributed by atoms with Gasteiger partial charge in [0.2, 0.25) is 5.91 Å². The van der Waals surface area contributed by atoms with Gasteiger partial charge in [-0.1, -0.05) is 31.5 Å². The Hall–Kier alpha value is -1.59. The first kappa shape index (κ1) is 17.5. The molecule has 5 nitrogen and oxygen atoms in total. The molecule has 0 aliphatic rings. The molecule has 1 rings (SSSR count). The molecule has 1 atom stereocenters. The third-order valence-corrected chi connectivity index (χ3v) is 3.46. The van der Waals surface area contributed by atoms with E-state index in [1.807, 2.05) is 20.8 Å². The van der Waals surface area contributed by atoms with E-state index in [-0.39, 0.29) is 12.3 Å². The van der Waals surface area contributed by atoms with Crippen LogP contribution in [0, 0.1) is 12.8 Å². The van der Waals surface area contributed by atoms with Crippen LogP contribution in [0.1, 0.15) is 25.8 Å². The monoisotopic (exact) mass is 312 g/mol. The fraction of sp³-hybridized carbons (Fsp3) is 0.467. The molecule has 0 saturated heterocycles. The SMILES string of the molecule is Cc1ccc(NC(=O)C[C@@H]([NH2+]CC(C)C)C(=O)[O-])cc1Cl. The van der Waals surface area contributed by atoms with Crippen LogP contribution in [0.25, 0.3) is 0 Å². The van der Waals surface area contributed by atoms with Crippen LogP contribution >= 0.6 is 11.6 Å². The standard InChI is InChI=1S/C15H21ClN2O3/c1-9(2)8-17-13(15(20)21)7-14(19)18-11-5-4-10(3)12(16)6-11/h4-6,9,13,17H,7-8H2,1-3H3,(H,18,19)(H,20,21)/t13-/m1/s1. The number of carbonyl (C=O) groups is 2. The summed E-state index contributed by atoms with van der Waals surface area (Å²) in [5, 5.41) is 15.9. The summed E-state index contributed by atoms with van der Waals surface area (Å²) in [6, 6.07) is 4.28. The van der Waals surface area contributed by atoms with Crippen molar-refractivity contribution in [3.63, 3.8) is 0 Å². The second kappa shape index (κ2) is 8.00. The lowest BCUT2D eigenvalue weighted by atomic mass is 10.1. The molecule has 6 heteroatoms. The Kier molecular flexibility index (Phi) is 6.65. The summed E-state index contributed by atoms with van der Waals surface area (Å²) in [5.41, 5.74) is 1.46. The average molecular weight is 313 g/mol. The van der Waals surface area contributed by atoms with Gasteiger partial charge in [-0.2, -0.15) is 0 Å². The minimum Gasteiger partial charge on any atom is -0.544 e. The van der Waals surface area contributed by atoms with Gasteiger partial charge in [-0.05, 0) is 24.6 Å². The molecule has 0 aliphatic heterocycles. The van der Waals surface area contributed by atoms with Crippen molar-refractivity contribution in [1.82, 2.24) is 0 Å². The van der Waals surface area contributed by atoms with Crippen LogP contribution in [-0.2, 0) is 9.59 Å². The Morgan fingerprint density at radius 3 is 2.57 bits per heavy atom. The Labute approximate surface area is 129 Å². The molecule has 0 radical (unpaired) electrons. The van der Waals surface area contributed by atoms with E-state index in [4.69, 9.17) is 11.6 Å². The minimum absolute atomic E-state index is 0.138. The number of nitrogens with two attached hydrogens (primary N) is 1. The Morgan fingerprint density at radius 2 is 2.05 bits per heavy atom. The van der Waals surface area contributed by atoms with Crippen molar-refractivity contribution in [2.75, 3.05) is 11.9 Å². The molecule has 0 heterocycles. The molecule has 1 aromatic rings. The van der Waals surface area contributed by atoms with Gasteiger partial charge in [-0.3, -0.25) is 4.79 Å². The fourth-order valence-electron chi connectivity index (χ4n) is 1.78. The van der Waals surface area contributed by atoms with E-state index >= 15 is 0 Å². The lowest BCUT2D eigenvalue weighted by Crippen LogP contribution is -2.94. The number of benzene rings is 1. The Balaban J connectivity index is 2.60. The molecule has 0 aromatic heterocycles. The highest BCUT2D eigenvalue weighted by molar-refractivity contribution is 6.31. The Bertz CT molecular complexity index is 518. The van der Waals surface area contributed by atoms with Gasteiger partial charge in [0, 0.05) is 16.6 Å². The van der Waals surface area contributed by atoms with Gasteiger partial charge in [0.1, 0.15) is 6.04 Å². The number of hydrogen-bond donors (Lipinski definition) is 2. The second-order valence-corrected chi connectivity index (χ2v) is 5.91. The summed E-state index contributed by atoms with van der Waals surface area (Å²) >= 11 is 5.98. The first-order chi connectivity index (χ1) is 9.79. The van der Waals surface area contributed by atoms with Gasteiger partial charge in [-0.15, -0.1) is 0 Å². The fourth-order valence-corrected chi connectivity index (χ4v) is 1.96.